The molecule has 2 aromatic carbocycles. The van der Waals surface area contributed by atoms with Crippen molar-refractivity contribution in [1.82, 2.24) is 14.8 Å². The molecule has 1 heterocycles. The van der Waals surface area contributed by atoms with Crippen LogP contribution in [0, 0.1) is 10.1 Å². The summed E-state index contributed by atoms with van der Waals surface area (Å²) < 4.78 is 40.4. The van der Waals surface area contributed by atoms with Crippen LogP contribution < -0.4 is 0 Å². The second kappa shape index (κ2) is 8.01. The summed E-state index contributed by atoms with van der Waals surface area (Å²) in [5.74, 6) is 0.672. The van der Waals surface area contributed by atoms with E-state index in [4.69, 9.17) is 0 Å². The number of hydrogen-bond donors (Lipinski definition) is 0. The normalized spacial score (nSPS) is 11.6. The van der Waals surface area contributed by atoms with Crippen molar-refractivity contribution in [2.24, 2.45) is 0 Å². The summed E-state index contributed by atoms with van der Waals surface area (Å²) >= 11 is 0.925. The second-order valence-corrected chi connectivity index (χ2v) is 6.85. The first-order chi connectivity index (χ1) is 13.3. The molecular weight excluding hydrogens is 393 g/mol. The van der Waals surface area contributed by atoms with E-state index >= 15 is 0 Å². The summed E-state index contributed by atoms with van der Waals surface area (Å²) in [6.45, 7) is 2.40. The van der Waals surface area contributed by atoms with Crippen LogP contribution >= 0.6 is 11.8 Å². The van der Waals surface area contributed by atoms with E-state index in [2.05, 4.69) is 10.2 Å². The largest absolute Gasteiger partial charge is 0.416 e. The predicted octanol–water partition coefficient (Wildman–Crippen LogP) is 4.97. The van der Waals surface area contributed by atoms with Crippen molar-refractivity contribution in [1.29, 1.82) is 0 Å². The molecular formula is C18H15F3N4O2S. The third-order valence-electron chi connectivity index (χ3n) is 4.00. The van der Waals surface area contributed by atoms with Crippen LogP contribution in [0.25, 0.3) is 0 Å². The van der Waals surface area contributed by atoms with Gasteiger partial charge in [-0.1, -0.05) is 30.3 Å². The molecule has 6 nitrogen and oxygen atoms in total. The van der Waals surface area contributed by atoms with Gasteiger partial charge in [-0.25, -0.2) is 0 Å². The van der Waals surface area contributed by atoms with Crippen LogP contribution in [0.3, 0.4) is 0 Å². The zero-order valence-electron chi connectivity index (χ0n) is 14.7. The van der Waals surface area contributed by atoms with E-state index in [0.717, 1.165) is 29.5 Å². The molecule has 0 spiro atoms. The number of alkyl halides is 3. The van der Waals surface area contributed by atoms with Crippen molar-refractivity contribution in [3.63, 3.8) is 0 Å². The number of hydrogen-bond acceptors (Lipinski definition) is 5. The lowest BCUT2D eigenvalue weighted by Crippen LogP contribution is -2.06. The molecule has 0 atom stereocenters. The summed E-state index contributed by atoms with van der Waals surface area (Å²) in [5.41, 5.74) is -0.651. The lowest BCUT2D eigenvalue weighted by Gasteiger charge is -2.10. The number of rotatable bonds is 6. The van der Waals surface area contributed by atoms with Crippen molar-refractivity contribution in [2.75, 3.05) is 0 Å². The Morgan fingerprint density at radius 3 is 2.46 bits per heavy atom. The molecule has 0 bridgehead atoms. The summed E-state index contributed by atoms with van der Waals surface area (Å²) in [7, 11) is 0. The first kappa shape index (κ1) is 19.9. The minimum atomic E-state index is -4.65. The molecule has 1 aromatic heterocycles. The molecule has 10 heteroatoms. The van der Waals surface area contributed by atoms with Gasteiger partial charge in [-0.3, -0.25) is 10.1 Å². The highest BCUT2D eigenvalue weighted by molar-refractivity contribution is 7.99. The first-order valence-corrected chi connectivity index (χ1v) is 9.10. The molecule has 0 N–H and O–H groups in total. The maximum atomic E-state index is 12.9. The van der Waals surface area contributed by atoms with Gasteiger partial charge in [0.25, 0.3) is 5.69 Å². The molecule has 0 aliphatic heterocycles. The van der Waals surface area contributed by atoms with E-state index in [1.165, 1.54) is 0 Å². The Kier molecular flexibility index (Phi) is 5.68. The minimum Gasteiger partial charge on any atom is -0.306 e. The van der Waals surface area contributed by atoms with E-state index < -0.39 is 22.4 Å². The monoisotopic (exact) mass is 408 g/mol. The molecule has 0 amide bonds. The Hall–Kier alpha value is -2.88. The first-order valence-electron chi connectivity index (χ1n) is 8.29. The maximum Gasteiger partial charge on any atom is 0.416 e. The number of benzene rings is 2. The smallest absolute Gasteiger partial charge is 0.306 e. The van der Waals surface area contributed by atoms with Crippen molar-refractivity contribution in [3.05, 3.63) is 75.6 Å². The standard InChI is InChI=1S/C18H15F3N4O2S/c1-2-24-16(10-12-6-4-3-5-7-12)22-23-17(24)28-15-9-8-13(18(19,20)21)11-14(15)25(26)27/h3-9,11H,2,10H2,1H3. The molecule has 0 aliphatic rings. The van der Waals surface area contributed by atoms with Crippen LogP contribution in [-0.4, -0.2) is 19.7 Å². The fourth-order valence-corrected chi connectivity index (χ4v) is 3.64. The van der Waals surface area contributed by atoms with Gasteiger partial charge in [0.2, 0.25) is 0 Å². The summed E-state index contributed by atoms with van der Waals surface area (Å²) in [6.07, 6.45) is -4.13. The van der Waals surface area contributed by atoms with E-state index in [1.54, 1.807) is 4.57 Å². The Labute approximate surface area is 162 Å². The molecule has 0 saturated carbocycles. The number of nitrogens with zero attached hydrogens (tertiary/aromatic N) is 4. The molecule has 146 valence electrons. The zero-order chi connectivity index (χ0) is 20.3. The van der Waals surface area contributed by atoms with E-state index in [0.29, 0.717) is 30.0 Å². The highest BCUT2D eigenvalue weighted by Gasteiger charge is 2.33. The molecule has 0 aliphatic carbocycles. The van der Waals surface area contributed by atoms with Gasteiger partial charge in [0, 0.05) is 19.0 Å². The van der Waals surface area contributed by atoms with E-state index in [1.807, 2.05) is 37.3 Å². The fraction of sp³-hybridized carbons (Fsp3) is 0.222. The van der Waals surface area contributed by atoms with Crippen LogP contribution in [0.5, 0.6) is 0 Å². The van der Waals surface area contributed by atoms with Crippen LogP contribution in [-0.2, 0) is 19.1 Å². The topological polar surface area (TPSA) is 73.8 Å². The SMILES string of the molecule is CCn1c(Cc2ccccc2)nnc1Sc1ccc(C(F)(F)F)cc1[N+](=O)[O-]. The van der Waals surface area contributed by atoms with Gasteiger partial charge in [0.15, 0.2) is 5.16 Å². The third-order valence-corrected chi connectivity index (χ3v) is 5.05. The number of halogens is 3. The van der Waals surface area contributed by atoms with Crippen molar-refractivity contribution < 1.29 is 18.1 Å². The number of nitro groups is 1. The van der Waals surface area contributed by atoms with E-state index in [-0.39, 0.29) is 4.90 Å². The number of nitro benzene ring substituents is 1. The molecule has 0 saturated heterocycles. The van der Waals surface area contributed by atoms with Crippen molar-refractivity contribution >= 4 is 17.4 Å². The van der Waals surface area contributed by atoms with Crippen LogP contribution in [0.1, 0.15) is 23.9 Å². The van der Waals surface area contributed by atoms with Gasteiger partial charge in [0.05, 0.1) is 15.4 Å². The van der Waals surface area contributed by atoms with Gasteiger partial charge in [-0.05, 0) is 36.4 Å². The van der Waals surface area contributed by atoms with E-state index in [9.17, 15) is 23.3 Å². The quantitative estimate of drug-likeness (QED) is 0.425. The Morgan fingerprint density at radius 2 is 1.86 bits per heavy atom. The average molecular weight is 408 g/mol. The minimum absolute atomic E-state index is 0.0753. The van der Waals surface area contributed by atoms with Gasteiger partial charge in [-0.2, -0.15) is 13.2 Å². The summed E-state index contributed by atoms with van der Waals surface area (Å²) in [4.78, 5) is 10.5. The fourth-order valence-electron chi connectivity index (χ4n) is 2.64. The molecule has 3 rings (SSSR count). The Bertz CT molecular complexity index is 990. The molecule has 28 heavy (non-hydrogen) atoms. The van der Waals surface area contributed by atoms with Gasteiger partial charge >= 0.3 is 6.18 Å². The zero-order valence-corrected chi connectivity index (χ0v) is 15.5. The van der Waals surface area contributed by atoms with Crippen molar-refractivity contribution in [2.45, 2.75) is 36.1 Å². The molecule has 0 fully saturated rings. The summed E-state index contributed by atoms with van der Waals surface area (Å²) in [6, 6.07) is 12.1. The van der Waals surface area contributed by atoms with Crippen molar-refractivity contribution in [3.8, 4) is 0 Å². The number of aromatic nitrogens is 3. The summed E-state index contributed by atoms with van der Waals surface area (Å²) in [5, 5.41) is 19.9. The van der Waals surface area contributed by atoms with Crippen LogP contribution in [0.4, 0.5) is 18.9 Å². The maximum absolute atomic E-state index is 12.9. The Balaban J connectivity index is 1.92. The molecule has 0 radical (unpaired) electrons. The lowest BCUT2D eigenvalue weighted by atomic mass is 10.1. The highest BCUT2D eigenvalue weighted by Crippen LogP contribution is 2.38. The van der Waals surface area contributed by atoms with Gasteiger partial charge in [-0.15, -0.1) is 10.2 Å². The average Bonchev–Trinajstić information content (AvgIpc) is 3.03. The van der Waals surface area contributed by atoms with Crippen LogP contribution in [0.15, 0.2) is 58.6 Å². The van der Waals surface area contributed by atoms with Gasteiger partial charge < -0.3 is 4.57 Å². The third kappa shape index (κ3) is 4.33. The predicted molar refractivity (Wildman–Crippen MR) is 97.2 cm³/mol. The lowest BCUT2D eigenvalue weighted by molar-refractivity contribution is -0.388. The molecule has 3 aromatic rings. The van der Waals surface area contributed by atoms with Gasteiger partial charge in [0.1, 0.15) is 5.82 Å². The van der Waals surface area contributed by atoms with Crippen LogP contribution in [0.2, 0.25) is 0 Å². The Morgan fingerprint density at radius 1 is 1.14 bits per heavy atom. The second-order valence-electron chi connectivity index (χ2n) is 5.84. The highest BCUT2D eigenvalue weighted by atomic mass is 32.2. The molecule has 0 unspecified atom stereocenters.